The lowest BCUT2D eigenvalue weighted by molar-refractivity contribution is -0.0266. The van der Waals surface area contributed by atoms with Crippen LogP contribution in [-0.2, 0) is 4.74 Å². The molecule has 0 aliphatic carbocycles. The minimum absolute atomic E-state index is 0.0751. The van der Waals surface area contributed by atoms with Crippen molar-refractivity contribution >= 4 is 27.7 Å². The molecule has 2 aliphatic heterocycles. The minimum Gasteiger partial charge on any atom is -0.444 e. The van der Waals surface area contributed by atoms with Crippen LogP contribution in [0.15, 0.2) is 22.7 Å². The Morgan fingerprint density at radius 1 is 1.30 bits per heavy atom. The summed E-state index contributed by atoms with van der Waals surface area (Å²) < 4.78 is 20.1. The first-order valence-electron chi connectivity index (χ1n) is 7.86. The van der Waals surface area contributed by atoms with E-state index < -0.39 is 5.60 Å². The number of nitrogens with zero attached hydrogens (tertiary/aromatic N) is 2. The van der Waals surface area contributed by atoms with Crippen LogP contribution < -0.4 is 4.90 Å². The lowest BCUT2D eigenvalue weighted by atomic mass is 9.79. The van der Waals surface area contributed by atoms with E-state index in [1.165, 1.54) is 0 Å². The third-order valence-electron chi connectivity index (χ3n) is 4.41. The summed E-state index contributed by atoms with van der Waals surface area (Å²) in [6, 6.07) is 5.36. The van der Waals surface area contributed by atoms with Crippen LogP contribution in [0, 0.1) is 11.2 Å². The van der Waals surface area contributed by atoms with Crippen LogP contribution in [0.5, 0.6) is 0 Å². The molecule has 2 fully saturated rings. The van der Waals surface area contributed by atoms with Gasteiger partial charge >= 0.3 is 6.09 Å². The standard InChI is InChI=1S/C17H22BrFN2O2/c1-16(2,3)23-15(22)21-10-17(11-21)7-8-20(9-17)13-6-4-5-12(18)14(13)19/h4-6H,7-11H2,1-3H3. The minimum atomic E-state index is -0.471. The van der Waals surface area contributed by atoms with Crippen molar-refractivity contribution in [2.45, 2.75) is 32.8 Å². The first-order valence-corrected chi connectivity index (χ1v) is 8.65. The third-order valence-corrected chi connectivity index (χ3v) is 5.03. The van der Waals surface area contributed by atoms with Crippen LogP contribution in [0.1, 0.15) is 27.2 Å². The van der Waals surface area contributed by atoms with E-state index >= 15 is 0 Å². The Morgan fingerprint density at radius 2 is 2.00 bits per heavy atom. The number of anilines is 1. The highest BCUT2D eigenvalue weighted by atomic mass is 79.9. The molecule has 4 nitrogen and oxygen atoms in total. The summed E-state index contributed by atoms with van der Waals surface area (Å²) in [5, 5.41) is 0. The van der Waals surface area contributed by atoms with Gasteiger partial charge < -0.3 is 14.5 Å². The van der Waals surface area contributed by atoms with E-state index in [0.717, 1.165) is 19.5 Å². The van der Waals surface area contributed by atoms with Gasteiger partial charge in [0.05, 0.1) is 10.2 Å². The van der Waals surface area contributed by atoms with Crippen LogP contribution in [0.4, 0.5) is 14.9 Å². The second kappa shape index (κ2) is 5.65. The first-order chi connectivity index (χ1) is 10.7. The van der Waals surface area contributed by atoms with E-state index in [1.807, 2.05) is 32.9 Å². The number of likely N-dealkylation sites (tertiary alicyclic amines) is 1. The van der Waals surface area contributed by atoms with Gasteiger partial charge in [-0.2, -0.15) is 0 Å². The van der Waals surface area contributed by atoms with Gasteiger partial charge in [-0.3, -0.25) is 0 Å². The maximum atomic E-state index is 14.2. The van der Waals surface area contributed by atoms with Crippen LogP contribution in [-0.4, -0.2) is 42.8 Å². The number of halogens is 2. The number of carbonyl (C=O) groups is 1. The van der Waals surface area contributed by atoms with E-state index in [-0.39, 0.29) is 17.3 Å². The molecule has 23 heavy (non-hydrogen) atoms. The van der Waals surface area contributed by atoms with E-state index in [0.29, 0.717) is 23.2 Å². The Bertz CT molecular complexity index is 624. The largest absolute Gasteiger partial charge is 0.444 e. The number of rotatable bonds is 1. The highest BCUT2D eigenvalue weighted by Crippen LogP contribution is 2.42. The van der Waals surface area contributed by atoms with Gasteiger partial charge in [-0.1, -0.05) is 6.07 Å². The first kappa shape index (κ1) is 16.6. The van der Waals surface area contributed by atoms with Gasteiger partial charge in [0.1, 0.15) is 5.60 Å². The molecule has 0 radical (unpaired) electrons. The monoisotopic (exact) mass is 384 g/mol. The molecule has 0 N–H and O–H groups in total. The number of carbonyl (C=O) groups excluding carboxylic acids is 1. The van der Waals surface area contributed by atoms with Crippen LogP contribution >= 0.6 is 15.9 Å². The fourth-order valence-corrected chi connectivity index (χ4v) is 3.71. The molecule has 1 aromatic rings. The Morgan fingerprint density at radius 3 is 2.65 bits per heavy atom. The number of benzene rings is 1. The van der Waals surface area contributed by atoms with Gasteiger partial charge in [-0.25, -0.2) is 9.18 Å². The van der Waals surface area contributed by atoms with Gasteiger partial charge in [0, 0.05) is 31.6 Å². The topological polar surface area (TPSA) is 32.8 Å². The molecule has 0 aromatic heterocycles. The lowest BCUT2D eigenvalue weighted by Gasteiger charge is -2.47. The van der Waals surface area contributed by atoms with Crippen molar-refractivity contribution in [1.29, 1.82) is 0 Å². The van der Waals surface area contributed by atoms with Gasteiger partial charge in [-0.05, 0) is 55.3 Å². The fraction of sp³-hybridized carbons (Fsp3) is 0.588. The molecule has 2 heterocycles. The molecule has 2 aliphatic rings. The highest BCUT2D eigenvalue weighted by molar-refractivity contribution is 9.10. The van der Waals surface area contributed by atoms with Crippen molar-refractivity contribution in [3.63, 3.8) is 0 Å². The van der Waals surface area contributed by atoms with Gasteiger partial charge in [0.15, 0.2) is 5.82 Å². The van der Waals surface area contributed by atoms with Gasteiger partial charge in [-0.15, -0.1) is 0 Å². The molecule has 0 unspecified atom stereocenters. The van der Waals surface area contributed by atoms with Gasteiger partial charge in [0.2, 0.25) is 0 Å². The van der Waals surface area contributed by atoms with Crippen LogP contribution in [0.2, 0.25) is 0 Å². The SMILES string of the molecule is CC(C)(C)OC(=O)N1CC2(CCN(c3cccc(Br)c3F)C2)C1. The molecule has 2 saturated heterocycles. The van der Waals surface area contributed by atoms with E-state index in [1.54, 1.807) is 11.0 Å². The number of ether oxygens (including phenoxy) is 1. The predicted octanol–water partition coefficient (Wildman–Crippen LogP) is 4.04. The van der Waals surface area contributed by atoms with Crippen molar-refractivity contribution in [3.05, 3.63) is 28.5 Å². The molecule has 6 heteroatoms. The highest BCUT2D eigenvalue weighted by Gasteiger charge is 2.50. The summed E-state index contributed by atoms with van der Waals surface area (Å²) in [5.41, 5.74) is 0.235. The molecular formula is C17H22BrFN2O2. The summed E-state index contributed by atoms with van der Waals surface area (Å²) in [7, 11) is 0. The molecular weight excluding hydrogens is 363 g/mol. The van der Waals surface area contributed by atoms with E-state index in [4.69, 9.17) is 4.74 Å². The summed E-state index contributed by atoms with van der Waals surface area (Å²) >= 11 is 3.24. The van der Waals surface area contributed by atoms with E-state index in [9.17, 15) is 9.18 Å². The average Bonchev–Trinajstić information content (AvgIpc) is 2.83. The van der Waals surface area contributed by atoms with Crippen molar-refractivity contribution in [3.8, 4) is 0 Å². The average molecular weight is 385 g/mol. The Labute approximate surface area is 144 Å². The molecule has 0 saturated carbocycles. The maximum absolute atomic E-state index is 14.2. The molecule has 0 bridgehead atoms. The van der Waals surface area contributed by atoms with Crippen molar-refractivity contribution in [2.75, 3.05) is 31.1 Å². The van der Waals surface area contributed by atoms with Crippen LogP contribution in [0.25, 0.3) is 0 Å². The maximum Gasteiger partial charge on any atom is 0.410 e. The summed E-state index contributed by atoms with van der Waals surface area (Å²) in [6.07, 6.45) is 0.716. The Kier molecular flexibility index (Phi) is 4.07. The van der Waals surface area contributed by atoms with Crippen molar-refractivity contribution < 1.29 is 13.9 Å². The van der Waals surface area contributed by atoms with Crippen molar-refractivity contribution in [2.24, 2.45) is 5.41 Å². The number of hydrogen-bond acceptors (Lipinski definition) is 3. The summed E-state index contributed by atoms with van der Waals surface area (Å²) in [4.78, 5) is 15.9. The molecule has 126 valence electrons. The predicted molar refractivity (Wildman–Crippen MR) is 91.2 cm³/mol. The normalized spacial score (nSPS) is 19.9. The second-order valence-corrected chi connectivity index (χ2v) is 8.44. The zero-order chi connectivity index (χ0) is 16.8. The van der Waals surface area contributed by atoms with Gasteiger partial charge in [0.25, 0.3) is 0 Å². The number of hydrogen-bond donors (Lipinski definition) is 0. The Balaban J connectivity index is 1.61. The quantitative estimate of drug-likeness (QED) is 0.732. The summed E-state index contributed by atoms with van der Waals surface area (Å²) in [5.74, 6) is -0.215. The lowest BCUT2D eigenvalue weighted by Crippen LogP contribution is -2.60. The zero-order valence-electron chi connectivity index (χ0n) is 13.7. The summed E-state index contributed by atoms with van der Waals surface area (Å²) in [6.45, 7) is 8.58. The fourth-order valence-electron chi connectivity index (χ4n) is 3.35. The molecule has 1 spiro atoms. The smallest absolute Gasteiger partial charge is 0.410 e. The molecule has 3 rings (SSSR count). The molecule has 1 amide bonds. The zero-order valence-corrected chi connectivity index (χ0v) is 15.3. The second-order valence-electron chi connectivity index (χ2n) is 7.58. The third kappa shape index (κ3) is 3.32. The number of amides is 1. The molecule has 0 atom stereocenters. The van der Waals surface area contributed by atoms with Crippen molar-refractivity contribution in [1.82, 2.24) is 4.90 Å². The Hall–Kier alpha value is -1.30. The van der Waals surface area contributed by atoms with Crippen LogP contribution in [0.3, 0.4) is 0 Å². The van der Waals surface area contributed by atoms with E-state index in [2.05, 4.69) is 20.8 Å². The molecule has 1 aromatic carbocycles.